The Hall–Kier alpha value is -1.59. The molecule has 1 atom stereocenters. The molecule has 3 aliphatic rings. The summed E-state index contributed by atoms with van der Waals surface area (Å²) in [7, 11) is 0. The summed E-state index contributed by atoms with van der Waals surface area (Å²) < 4.78 is 5.78. The molecule has 1 unspecified atom stereocenters. The number of hydrogen-bond acceptors (Lipinski definition) is 3. The molecular formula is C18H21ClN2O3. The quantitative estimate of drug-likeness (QED) is 0.887. The highest BCUT2D eigenvalue weighted by Crippen LogP contribution is 2.46. The van der Waals surface area contributed by atoms with Gasteiger partial charge in [-0.1, -0.05) is 30.2 Å². The topological polar surface area (TPSA) is 58.6 Å². The number of benzene rings is 1. The van der Waals surface area contributed by atoms with Gasteiger partial charge in [0.05, 0.1) is 12.0 Å². The van der Waals surface area contributed by atoms with Gasteiger partial charge in [0.2, 0.25) is 11.8 Å². The predicted molar refractivity (Wildman–Crippen MR) is 89.9 cm³/mol. The molecule has 1 saturated carbocycles. The zero-order chi connectivity index (χ0) is 16.8. The highest BCUT2D eigenvalue weighted by Gasteiger charge is 2.51. The van der Waals surface area contributed by atoms with Gasteiger partial charge in [-0.2, -0.15) is 0 Å². The van der Waals surface area contributed by atoms with Crippen LogP contribution in [-0.4, -0.2) is 48.6 Å². The lowest BCUT2D eigenvalue weighted by Gasteiger charge is -2.43. The molecule has 24 heavy (non-hydrogen) atoms. The van der Waals surface area contributed by atoms with E-state index in [1.165, 1.54) is 0 Å². The zero-order valence-corrected chi connectivity index (χ0v) is 14.3. The second-order valence-corrected chi connectivity index (χ2v) is 7.60. The second-order valence-electron chi connectivity index (χ2n) is 7.17. The Morgan fingerprint density at radius 3 is 2.54 bits per heavy atom. The molecule has 2 heterocycles. The Balaban J connectivity index is 1.53. The smallest absolute Gasteiger partial charge is 0.246 e. The van der Waals surface area contributed by atoms with Gasteiger partial charge in [0.15, 0.2) is 0 Å². The number of halogens is 1. The third kappa shape index (κ3) is 2.50. The predicted octanol–water partition coefficient (Wildman–Crippen LogP) is 1.88. The average Bonchev–Trinajstić information content (AvgIpc) is 2.95. The van der Waals surface area contributed by atoms with Crippen molar-refractivity contribution in [2.75, 3.05) is 26.2 Å². The molecule has 2 amide bonds. The van der Waals surface area contributed by atoms with Gasteiger partial charge in [-0.15, -0.1) is 0 Å². The zero-order valence-electron chi connectivity index (χ0n) is 13.5. The maximum Gasteiger partial charge on any atom is 0.246 e. The van der Waals surface area contributed by atoms with Crippen LogP contribution in [-0.2, 0) is 19.7 Å². The van der Waals surface area contributed by atoms with Crippen LogP contribution in [0, 0.1) is 0 Å². The molecule has 5 nitrogen and oxygen atoms in total. The summed E-state index contributed by atoms with van der Waals surface area (Å²) in [6.45, 7) is 1.82. The molecule has 0 bridgehead atoms. The monoisotopic (exact) mass is 348 g/mol. The first-order chi connectivity index (χ1) is 11.5. The molecule has 2 saturated heterocycles. The standard InChI is InChI=1S/C18H21ClN2O3/c19-14-4-2-13(3-5-14)18(6-1-7-18)16(23)21-9-8-17(12-21)11-20-15(22)10-24-17/h2-5H,1,6-12H2,(H,20,22). The molecule has 1 aromatic carbocycles. The van der Waals surface area contributed by atoms with Crippen LogP contribution in [0.25, 0.3) is 0 Å². The van der Waals surface area contributed by atoms with E-state index in [0.717, 1.165) is 31.2 Å². The van der Waals surface area contributed by atoms with E-state index in [4.69, 9.17) is 16.3 Å². The summed E-state index contributed by atoms with van der Waals surface area (Å²) in [4.78, 5) is 26.5. The number of nitrogens with one attached hydrogen (secondary N) is 1. The Morgan fingerprint density at radius 2 is 1.96 bits per heavy atom. The van der Waals surface area contributed by atoms with Crippen molar-refractivity contribution in [3.63, 3.8) is 0 Å². The summed E-state index contributed by atoms with van der Waals surface area (Å²) in [5, 5.41) is 3.55. The van der Waals surface area contributed by atoms with E-state index in [-0.39, 0.29) is 18.4 Å². The number of carbonyl (C=O) groups is 2. The van der Waals surface area contributed by atoms with Crippen LogP contribution in [0.4, 0.5) is 0 Å². The van der Waals surface area contributed by atoms with E-state index in [9.17, 15) is 9.59 Å². The molecule has 1 aliphatic carbocycles. The van der Waals surface area contributed by atoms with Crippen molar-refractivity contribution in [1.29, 1.82) is 0 Å². The first kappa shape index (κ1) is 15.9. The first-order valence-electron chi connectivity index (χ1n) is 8.49. The summed E-state index contributed by atoms with van der Waals surface area (Å²) in [6, 6.07) is 7.66. The molecule has 128 valence electrons. The van der Waals surface area contributed by atoms with Crippen molar-refractivity contribution >= 4 is 23.4 Å². The number of morpholine rings is 1. The lowest BCUT2D eigenvalue weighted by molar-refractivity contribution is -0.146. The SMILES string of the molecule is O=C1COC2(CCN(C(=O)C3(c4ccc(Cl)cc4)CCC3)C2)CN1. The highest BCUT2D eigenvalue weighted by atomic mass is 35.5. The first-order valence-corrected chi connectivity index (χ1v) is 8.87. The van der Waals surface area contributed by atoms with Crippen molar-refractivity contribution in [3.05, 3.63) is 34.9 Å². The second kappa shape index (κ2) is 5.74. The van der Waals surface area contributed by atoms with Gasteiger partial charge < -0.3 is 15.0 Å². The Labute approximate surface area is 146 Å². The van der Waals surface area contributed by atoms with E-state index in [0.29, 0.717) is 24.7 Å². The lowest BCUT2D eigenvalue weighted by atomic mass is 9.63. The minimum absolute atomic E-state index is 0.0815. The summed E-state index contributed by atoms with van der Waals surface area (Å²) in [5.74, 6) is 0.107. The van der Waals surface area contributed by atoms with Crippen LogP contribution in [0.2, 0.25) is 5.02 Å². The van der Waals surface area contributed by atoms with Crippen LogP contribution >= 0.6 is 11.6 Å². The van der Waals surface area contributed by atoms with Gasteiger partial charge in [-0.05, 0) is 37.0 Å². The number of nitrogens with zero attached hydrogens (tertiary/aromatic N) is 1. The summed E-state index contributed by atoms with van der Waals surface area (Å²) >= 11 is 5.99. The third-order valence-corrected chi connectivity index (χ3v) is 5.99. The van der Waals surface area contributed by atoms with Gasteiger partial charge in [-0.3, -0.25) is 9.59 Å². The van der Waals surface area contributed by atoms with Gasteiger partial charge >= 0.3 is 0 Å². The average molecular weight is 349 g/mol. The van der Waals surface area contributed by atoms with E-state index in [1.807, 2.05) is 29.2 Å². The molecule has 3 fully saturated rings. The molecular weight excluding hydrogens is 328 g/mol. The fraction of sp³-hybridized carbons (Fsp3) is 0.556. The van der Waals surface area contributed by atoms with Crippen molar-refractivity contribution in [2.24, 2.45) is 0 Å². The lowest BCUT2D eigenvalue weighted by Crippen LogP contribution is -2.56. The maximum absolute atomic E-state index is 13.3. The number of carbonyl (C=O) groups excluding carboxylic acids is 2. The van der Waals surface area contributed by atoms with Crippen LogP contribution in [0.5, 0.6) is 0 Å². The number of rotatable bonds is 2. The van der Waals surface area contributed by atoms with E-state index in [2.05, 4.69) is 5.32 Å². The largest absolute Gasteiger partial charge is 0.361 e. The molecule has 1 spiro atoms. The van der Waals surface area contributed by atoms with E-state index < -0.39 is 11.0 Å². The number of hydrogen-bond donors (Lipinski definition) is 1. The van der Waals surface area contributed by atoms with Crippen molar-refractivity contribution < 1.29 is 14.3 Å². The van der Waals surface area contributed by atoms with Crippen molar-refractivity contribution in [3.8, 4) is 0 Å². The van der Waals surface area contributed by atoms with E-state index >= 15 is 0 Å². The molecule has 4 rings (SSSR count). The highest BCUT2D eigenvalue weighted by molar-refractivity contribution is 6.30. The molecule has 0 aromatic heterocycles. The van der Waals surface area contributed by atoms with Crippen molar-refractivity contribution in [2.45, 2.75) is 36.7 Å². The minimum Gasteiger partial charge on any atom is -0.361 e. The van der Waals surface area contributed by atoms with Crippen molar-refractivity contribution in [1.82, 2.24) is 10.2 Å². The van der Waals surface area contributed by atoms with Crippen LogP contribution in [0.15, 0.2) is 24.3 Å². The molecule has 0 radical (unpaired) electrons. The summed E-state index contributed by atoms with van der Waals surface area (Å²) in [5.41, 5.74) is 0.240. The molecule has 2 aliphatic heterocycles. The van der Waals surface area contributed by atoms with Gasteiger partial charge in [0.1, 0.15) is 12.2 Å². The Kier molecular flexibility index (Phi) is 3.81. The molecule has 1 aromatic rings. The fourth-order valence-electron chi connectivity index (χ4n) is 4.09. The molecule has 1 N–H and O–H groups in total. The van der Waals surface area contributed by atoms with E-state index in [1.54, 1.807) is 0 Å². The van der Waals surface area contributed by atoms with Crippen LogP contribution < -0.4 is 5.32 Å². The van der Waals surface area contributed by atoms with Gasteiger partial charge in [0, 0.05) is 18.1 Å². The maximum atomic E-state index is 13.3. The van der Waals surface area contributed by atoms with Gasteiger partial charge in [0.25, 0.3) is 0 Å². The number of likely N-dealkylation sites (tertiary alicyclic amines) is 1. The Morgan fingerprint density at radius 1 is 1.21 bits per heavy atom. The molecule has 6 heteroatoms. The van der Waals surface area contributed by atoms with Gasteiger partial charge in [-0.25, -0.2) is 0 Å². The fourth-order valence-corrected chi connectivity index (χ4v) is 4.21. The third-order valence-electron chi connectivity index (χ3n) is 5.73. The minimum atomic E-state index is -0.409. The number of ether oxygens (including phenoxy) is 1. The normalized spacial score (nSPS) is 28.5. The van der Waals surface area contributed by atoms with Crippen LogP contribution in [0.3, 0.4) is 0 Å². The summed E-state index contributed by atoms with van der Waals surface area (Å²) in [6.07, 6.45) is 3.61. The Bertz CT molecular complexity index is 659. The number of amides is 2. The van der Waals surface area contributed by atoms with Crippen LogP contribution in [0.1, 0.15) is 31.2 Å².